The zero-order valence-electron chi connectivity index (χ0n) is 10.5. The minimum absolute atomic E-state index is 0.222. The van der Waals surface area contributed by atoms with Crippen molar-refractivity contribution in [1.82, 2.24) is 4.98 Å². The molecule has 3 nitrogen and oxygen atoms in total. The molecule has 98 valence electrons. The van der Waals surface area contributed by atoms with Crippen LogP contribution in [-0.2, 0) is 0 Å². The van der Waals surface area contributed by atoms with Gasteiger partial charge in [0.05, 0.1) is 0 Å². The Balaban J connectivity index is 1.98. The van der Waals surface area contributed by atoms with Gasteiger partial charge in [-0.3, -0.25) is 4.79 Å². The fourth-order valence-corrected chi connectivity index (χ4v) is 2.58. The van der Waals surface area contributed by atoms with Crippen molar-refractivity contribution in [3.63, 3.8) is 0 Å². The van der Waals surface area contributed by atoms with E-state index in [2.05, 4.69) is 22.0 Å². The molecule has 0 amide bonds. The fourth-order valence-electron chi connectivity index (χ4n) is 2.47. The Bertz CT molecular complexity index is 645. The maximum absolute atomic E-state index is 11.6. The molecule has 1 aromatic heterocycles. The SMILES string of the molecule is O=c1[nH]c(-c2cccc(N3CCCC3)c2)ccc1Cl. The Kier molecular flexibility index (Phi) is 3.30. The summed E-state index contributed by atoms with van der Waals surface area (Å²) in [6, 6.07) is 11.7. The summed E-state index contributed by atoms with van der Waals surface area (Å²) in [6.45, 7) is 2.22. The van der Waals surface area contributed by atoms with E-state index in [1.54, 1.807) is 6.07 Å². The number of halogens is 1. The molecule has 2 aromatic rings. The second kappa shape index (κ2) is 5.10. The van der Waals surface area contributed by atoms with Crippen molar-refractivity contribution in [2.24, 2.45) is 0 Å². The summed E-state index contributed by atoms with van der Waals surface area (Å²) in [4.78, 5) is 16.7. The molecule has 0 spiro atoms. The van der Waals surface area contributed by atoms with E-state index in [9.17, 15) is 4.79 Å². The summed E-state index contributed by atoms with van der Waals surface area (Å²) in [5.41, 5.74) is 2.78. The lowest BCUT2D eigenvalue weighted by Gasteiger charge is -2.18. The number of hydrogen-bond acceptors (Lipinski definition) is 2. The molecule has 0 saturated carbocycles. The molecule has 1 aliphatic rings. The lowest BCUT2D eigenvalue weighted by molar-refractivity contribution is 0.949. The second-order valence-electron chi connectivity index (χ2n) is 4.79. The third-order valence-electron chi connectivity index (χ3n) is 3.49. The molecule has 0 bridgehead atoms. The number of pyridine rings is 1. The highest BCUT2D eigenvalue weighted by atomic mass is 35.5. The largest absolute Gasteiger partial charge is 0.372 e. The van der Waals surface area contributed by atoms with Gasteiger partial charge in [-0.25, -0.2) is 0 Å². The van der Waals surface area contributed by atoms with Crippen LogP contribution < -0.4 is 10.5 Å². The summed E-state index contributed by atoms with van der Waals surface area (Å²) in [6.07, 6.45) is 2.50. The molecule has 0 radical (unpaired) electrons. The lowest BCUT2D eigenvalue weighted by Crippen LogP contribution is -2.17. The van der Waals surface area contributed by atoms with Gasteiger partial charge in [0, 0.05) is 30.0 Å². The molecule has 0 atom stereocenters. The summed E-state index contributed by atoms with van der Waals surface area (Å²) in [7, 11) is 0. The van der Waals surface area contributed by atoms with Gasteiger partial charge in [-0.1, -0.05) is 23.7 Å². The van der Waals surface area contributed by atoms with Crippen molar-refractivity contribution < 1.29 is 0 Å². The van der Waals surface area contributed by atoms with Crippen LogP contribution in [0.4, 0.5) is 5.69 Å². The zero-order chi connectivity index (χ0) is 13.2. The van der Waals surface area contributed by atoms with Crippen molar-refractivity contribution in [1.29, 1.82) is 0 Å². The number of nitrogens with zero attached hydrogens (tertiary/aromatic N) is 1. The van der Waals surface area contributed by atoms with E-state index >= 15 is 0 Å². The molecule has 3 rings (SSSR count). The quantitative estimate of drug-likeness (QED) is 0.912. The van der Waals surface area contributed by atoms with E-state index in [1.807, 2.05) is 18.2 Å². The first-order valence-corrected chi connectivity index (χ1v) is 6.86. The van der Waals surface area contributed by atoms with Crippen molar-refractivity contribution in [3.8, 4) is 11.3 Å². The molecule has 1 aliphatic heterocycles. The normalized spacial score (nSPS) is 14.9. The Labute approximate surface area is 116 Å². The van der Waals surface area contributed by atoms with Crippen LogP contribution in [0.2, 0.25) is 5.02 Å². The molecular weight excluding hydrogens is 260 g/mol. The van der Waals surface area contributed by atoms with Gasteiger partial charge < -0.3 is 9.88 Å². The molecule has 1 aromatic carbocycles. The highest BCUT2D eigenvalue weighted by Crippen LogP contribution is 2.25. The number of benzene rings is 1. The molecule has 0 unspecified atom stereocenters. The Morgan fingerprint density at radius 2 is 1.89 bits per heavy atom. The van der Waals surface area contributed by atoms with E-state index < -0.39 is 0 Å². The van der Waals surface area contributed by atoms with Gasteiger partial charge in [-0.2, -0.15) is 0 Å². The maximum atomic E-state index is 11.6. The minimum atomic E-state index is -0.245. The average Bonchev–Trinajstić information content (AvgIpc) is 2.96. The van der Waals surface area contributed by atoms with Crippen molar-refractivity contribution in [2.75, 3.05) is 18.0 Å². The van der Waals surface area contributed by atoms with E-state index in [0.717, 1.165) is 24.3 Å². The van der Waals surface area contributed by atoms with E-state index in [0.29, 0.717) is 0 Å². The van der Waals surface area contributed by atoms with Crippen LogP contribution in [0.15, 0.2) is 41.2 Å². The second-order valence-corrected chi connectivity index (χ2v) is 5.20. The predicted octanol–water partition coefficient (Wildman–Crippen LogP) is 3.30. The highest BCUT2D eigenvalue weighted by molar-refractivity contribution is 6.30. The molecule has 0 aliphatic carbocycles. The average molecular weight is 275 g/mol. The van der Waals surface area contributed by atoms with Crippen molar-refractivity contribution in [2.45, 2.75) is 12.8 Å². The van der Waals surface area contributed by atoms with Crippen LogP contribution in [0, 0.1) is 0 Å². The van der Waals surface area contributed by atoms with E-state index in [1.165, 1.54) is 18.5 Å². The first-order valence-electron chi connectivity index (χ1n) is 6.48. The first-order chi connectivity index (χ1) is 9.24. The monoisotopic (exact) mass is 274 g/mol. The lowest BCUT2D eigenvalue weighted by atomic mass is 10.1. The van der Waals surface area contributed by atoms with Gasteiger partial charge in [0.2, 0.25) is 0 Å². The molecule has 1 fully saturated rings. The topological polar surface area (TPSA) is 36.1 Å². The maximum Gasteiger partial charge on any atom is 0.267 e. The third-order valence-corrected chi connectivity index (χ3v) is 3.79. The standard InChI is InChI=1S/C15H15ClN2O/c16-13-6-7-14(17-15(13)19)11-4-3-5-12(10-11)18-8-1-2-9-18/h3-7,10H,1-2,8-9H2,(H,17,19). The van der Waals surface area contributed by atoms with Crippen LogP contribution in [0.5, 0.6) is 0 Å². The van der Waals surface area contributed by atoms with Crippen LogP contribution >= 0.6 is 11.6 Å². The molecule has 2 heterocycles. The van der Waals surface area contributed by atoms with Crippen LogP contribution in [0.3, 0.4) is 0 Å². The summed E-state index contributed by atoms with van der Waals surface area (Å²) >= 11 is 5.75. The molecule has 1 N–H and O–H groups in total. The summed E-state index contributed by atoms with van der Waals surface area (Å²) in [5.74, 6) is 0. The number of H-pyrrole nitrogens is 1. The van der Waals surface area contributed by atoms with Gasteiger partial charge in [0.25, 0.3) is 5.56 Å². The van der Waals surface area contributed by atoms with Gasteiger partial charge >= 0.3 is 0 Å². The number of rotatable bonds is 2. The molecule has 4 heteroatoms. The zero-order valence-corrected chi connectivity index (χ0v) is 11.3. The number of nitrogens with one attached hydrogen (secondary N) is 1. The van der Waals surface area contributed by atoms with E-state index in [-0.39, 0.29) is 10.6 Å². The number of aromatic nitrogens is 1. The van der Waals surface area contributed by atoms with Gasteiger partial charge in [0.1, 0.15) is 5.02 Å². The predicted molar refractivity (Wildman–Crippen MR) is 79.0 cm³/mol. The van der Waals surface area contributed by atoms with Crippen molar-refractivity contribution >= 4 is 17.3 Å². The third kappa shape index (κ3) is 2.51. The van der Waals surface area contributed by atoms with Crippen LogP contribution in [0.1, 0.15) is 12.8 Å². The van der Waals surface area contributed by atoms with Crippen molar-refractivity contribution in [3.05, 3.63) is 51.8 Å². The smallest absolute Gasteiger partial charge is 0.267 e. The van der Waals surface area contributed by atoms with E-state index in [4.69, 9.17) is 11.6 Å². The molecule has 1 saturated heterocycles. The van der Waals surface area contributed by atoms with Crippen LogP contribution in [-0.4, -0.2) is 18.1 Å². The first kappa shape index (κ1) is 12.3. The number of anilines is 1. The Morgan fingerprint density at radius 3 is 2.63 bits per heavy atom. The number of hydrogen-bond donors (Lipinski definition) is 1. The molecular formula is C15H15ClN2O. The summed E-state index contributed by atoms with van der Waals surface area (Å²) < 4.78 is 0. The fraction of sp³-hybridized carbons (Fsp3) is 0.267. The van der Waals surface area contributed by atoms with Gasteiger partial charge in [-0.05, 0) is 37.1 Å². The summed E-state index contributed by atoms with van der Waals surface area (Å²) in [5, 5.41) is 0.222. The Hall–Kier alpha value is -1.74. The molecule has 19 heavy (non-hydrogen) atoms. The highest BCUT2D eigenvalue weighted by Gasteiger charge is 2.12. The number of aromatic amines is 1. The Morgan fingerprint density at radius 1 is 1.11 bits per heavy atom. The van der Waals surface area contributed by atoms with Crippen LogP contribution in [0.25, 0.3) is 11.3 Å². The van der Waals surface area contributed by atoms with Gasteiger partial charge in [0.15, 0.2) is 0 Å². The van der Waals surface area contributed by atoms with Gasteiger partial charge in [-0.15, -0.1) is 0 Å². The minimum Gasteiger partial charge on any atom is -0.372 e.